The molecule has 2 rings (SSSR count). The zero-order chi connectivity index (χ0) is 16.7. The van der Waals surface area contributed by atoms with Gasteiger partial charge >= 0.3 is 0 Å². The Bertz CT molecular complexity index is 601. The summed E-state index contributed by atoms with van der Waals surface area (Å²) in [4.78, 5) is 12.3. The number of hydrogen-bond acceptors (Lipinski definition) is 1. The highest BCUT2D eigenvalue weighted by atomic mass is 16.1. The third-order valence-electron chi connectivity index (χ3n) is 4.07. The molecule has 1 N–H and O–H groups in total. The molecular formula is C21H27NO. The highest BCUT2D eigenvalue weighted by Crippen LogP contribution is 2.17. The van der Waals surface area contributed by atoms with Gasteiger partial charge < -0.3 is 5.32 Å². The van der Waals surface area contributed by atoms with Crippen LogP contribution in [-0.4, -0.2) is 12.5 Å². The summed E-state index contributed by atoms with van der Waals surface area (Å²) in [6, 6.07) is 18.7. The highest BCUT2D eigenvalue weighted by molar-refractivity contribution is 5.83. The van der Waals surface area contributed by atoms with Crippen molar-refractivity contribution in [3.8, 4) is 0 Å². The molecule has 0 radical (unpaired) electrons. The van der Waals surface area contributed by atoms with Crippen LogP contribution in [0.2, 0.25) is 0 Å². The molecule has 2 heteroatoms. The lowest BCUT2D eigenvalue weighted by atomic mass is 9.96. The zero-order valence-corrected chi connectivity index (χ0v) is 14.4. The van der Waals surface area contributed by atoms with E-state index in [1.54, 1.807) is 0 Å². The molecule has 0 saturated carbocycles. The third-order valence-corrected chi connectivity index (χ3v) is 4.07. The maximum absolute atomic E-state index is 12.3. The van der Waals surface area contributed by atoms with E-state index in [2.05, 4.69) is 55.6 Å². The summed E-state index contributed by atoms with van der Waals surface area (Å²) in [5.74, 6) is 0.635. The quantitative estimate of drug-likeness (QED) is 0.809. The minimum absolute atomic E-state index is 0.0949. The second-order valence-corrected chi connectivity index (χ2v) is 6.59. The van der Waals surface area contributed by atoms with Gasteiger partial charge in [0.05, 0.1) is 5.92 Å². The fourth-order valence-corrected chi connectivity index (χ4v) is 2.69. The van der Waals surface area contributed by atoms with Crippen molar-refractivity contribution in [3.63, 3.8) is 0 Å². The Kier molecular flexibility index (Phi) is 6.40. The van der Waals surface area contributed by atoms with E-state index in [1.807, 2.05) is 25.1 Å². The largest absolute Gasteiger partial charge is 0.355 e. The molecule has 2 aromatic carbocycles. The smallest absolute Gasteiger partial charge is 0.227 e. The molecule has 0 heterocycles. The van der Waals surface area contributed by atoms with Crippen molar-refractivity contribution in [1.29, 1.82) is 0 Å². The molecule has 0 unspecified atom stereocenters. The Morgan fingerprint density at radius 2 is 1.57 bits per heavy atom. The molecule has 122 valence electrons. The molecule has 0 saturated heterocycles. The van der Waals surface area contributed by atoms with Crippen LogP contribution >= 0.6 is 0 Å². The number of amides is 1. The van der Waals surface area contributed by atoms with Crippen LogP contribution in [0.5, 0.6) is 0 Å². The van der Waals surface area contributed by atoms with Gasteiger partial charge in [-0.1, -0.05) is 68.4 Å². The molecule has 0 aliphatic heterocycles. The van der Waals surface area contributed by atoms with Gasteiger partial charge in [-0.2, -0.15) is 0 Å². The van der Waals surface area contributed by atoms with E-state index in [9.17, 15) is 4.79 Å². The van der Waals surface area contributed by atoms with E-state index in [1.165, 1.54) is 11.1 Å². The molecule has 0 fully saturated rings. The fraction of sp³-hybridized carbons (Fsp3) is 0.381. The average molecular weight is 309 g/mol. The van der Waals surface area contributed by atoms with Crippen molar-refractivity contribution in [1.82, 2.24) is 5.32 Å². The first-order valence-corrected chi connectivity index (χ1v) is 8.46. The lowest BCUT2D eigenvalue weighted by Gasteiger charge is -2.14. The van der Waals surface area contributed by atoms with Crippen LogP contribution in [0.3, 0.4) is 0 Å². The molecule has 23 heavy (non-hydrogen) atoms. The minimum atomic E-state index is -0.112. The van der Waals surface area contributed by atoms with Crippen molar-refractivity contribution in [2.45, 2.75) is 39.5 Å². The van der Waals surface area contributed by atoms with Crippen LogP contribution in [0, 0.1) is 5.92 Å². The first-order valence-electron chi connectivity index (χ1n) is 8.46. The number of nitrogens with one attached hydrogen (secondary N) is 1. The van der Waals surface area contributed by atoms with Crippen molar-refractivity contribution in [2.75, 3.05) is 6.54 Å². The van der Waals surface area contributed by atoms with Gasteiger partial charge in [-0.15, -0.1) is 0 Å². The van der Waals surface area contributed by atoms with Gasteiger partial charge in [-0.3, -0.25) is 4.79 Å². The molecule has 1 atom stereocenters. The first-order chi connectivity index (χ1) is 11.1. The van der Waals surface area contributed by atoms with Gasteiger partial charge in [0, 0.05) is 6.54 Å². The number of benzene rings is 2. The van der Waals surface area contributed by atoms with Crippen LogP contribution in [0.1, 0.15) is 43.4 Å². The van der Waals surface area contributed by atoms with Gasteiger partial charge in [-0.25, -0.2) is 0 Å². The van der Waals surface area contributed by atoms with E-state index in [-0.39, 0.29) is 11.8 Å². The van der Waals surface area contributed by atoms with E-state index in [0.29, 0.717) is 12.5 Å². The summed E-state index contributed by atoms with van der Waals surface area (Å²) in [6.45, 7) is 7.08. The maximum atomic E-state index is 12.3. The lowest BCUT2D eigenvalue weighted by Crippen LogP contribution is -2.29. The first kappa shape index (κ1) is 17.3. The summed E-state index contributed by atoms with van der Waals surface area (Å²) >= 11 is 0. The number of rotatable bonds is 7. The Morgan fingerprint density at radius 3 is 2.17 bits per heavy atom. The van der Waals surface area contributed by atoms with Crippen LogP contribution in [0.4, 0.5) is 0 Å². The summed E-state index contributed by atoms with van der Waals surface area (Å²) < 4.78 is 0. The molecule has 0 aliphatic carbocycles. The molecular weight excluding hydrogens is 282 g/mol. The second-order valence-electron chi connectivity index (χ2n) is 6.59. The summed E-state index contributed by atoms with van der Waals surface area (Å²) in [6.07, 6.45) is 1.95. The Balaban J connectivity index is 1.84. The van der Waals surface area contributed by atoms with Crippen molar-refractivity contribution in [2.24, 2.45) is 5.92 Å². The van der Waals surface area contributed by atoms with Crippen molar-refractivity contribution < 1.29 is 4.79 Å². The molecule has 2 aromatic rings. The normalized spacial score (nSPS) is 12.2. The van der Waals surface area contributed by atoms with Crippen LogP contribution in [0.15, 0.2) is 54.6 Å². The Morgan fingerprint density at radius 1 is 0.913 bits per heavy atom. The standard InChI is InChI=1S/C21H27NO/c1-16(2)15-19-9-11-20(12-10-19)17(3)21(23)22-14-13-18-7-5-4-6-8-18/h4-12,16-17H,13-15H2,1-3H3,(H,22,23)/t17-/m0/s1. The highest BCUT2D eigenvalue weighted by Gasteiger charge is 2.14. The summed E-state index contributed by atoms with van der Waals surface area (Å²) in [5.41, 5.74) is 3.66. The SMILES string of the molecule is CC(C)Cc1ccc([C@H](C)C(=O)NCCc2ccccc2)cc1. The number of carbonyl (C=O) groups is 1. The molecule has 0 spiro atoms. The number of carbonyl (C=O) groups excluding carboxylic acids is 1. The monoisotopic (exact) mass is 309 g/mol. The summed E-state index contributed by atoms with van der Waals surface area (Å²) in [5, 5.41) is 3.04. The molecule has 0 aliphatic rings. The molecule has 0 aromatic heterocycles. The van der Waals surface area contributed by atoms with Gasteiger partial charge in [0.1, 0.15) is 0 Å². The van der Waals surface area contributed by atoms with Gasteiger partial charge in [0.25, 0.3) is 0 Å². The average Bonchev–Trinajstić information content (AvgIpc) is 2.55. The van der Waals surface area contributed by atoms with Gasteiger partial charge in [0.15, 0.2) is 0 Å². The Hall–Kier alpha value is -2.09. The number of hydrogen-bond donors (Lipinski definition) is 1. The Labute approximate surface area is 139 Å². The lowest BCUT2D eigenvalue weighted by molar-refractivity contribution is -0.122. The predicted octanol–water partition coefficient (Wildman–Crippen LogP) is 4.35. The van der Waals surface area contributed by atoms with Crippen molar-refractivity contribution in [3.05, 3.63) is 71.3 Å². The summed E-state index contributed by atoms with van der Waals surface area (Å²) in [7, 11) is 0. The van der Waals surface area contributed by atoms with Gasteiger partial charge in [0.2, 0.25) is 5.91 Å². The van der Waals surface area contributed by atoms with E-state index >= 15 is 0 Å². The van der Waals surface area contributed by atoms with Crippen LogP contribution < -0.4 is 5.32 Å². The zero-order valence-electron chi connectivity index (χ0n) is 14.4. The third kappa shape index (κ3) is 5.55. The van der Waals surface area contributed by atoms with Crippen molar-refractivity contribution >= 4 is 5.91 Å². The van der Waals surface area contributed by atoms with E-state index in [4.69, 9.17) is 0 Å². The minimum Gasteiger partial charge on any atom is -0.355 e. The van der Waals surface area contributed by atoms with Crippen LogP contribution in [0.25, 0.3) is 0 Å². The topological polar surface area (TPSA) is 29.1 Å². The predicted molar refractivity (Wildman–Crippen MR) is 96.6 cm³/mol. The van der Waals surface area contributed by atoms with Crippen LogP contribution in [-0.2, 0) is 17.6 Å². The molecule has 0 bridgehead atoms. The fourth-order valence-electron chi connectivity index (χ4n) is 2.69. The van der Waals surface area contributed by atoms with E-state index < -0.39 is 0 Å². The maximum Gasteiger partial charge on any atom is 0.227 e. The molecule has 1 amide bonds. The second kappa shape index (κ2) is 8.52. The van der Waals surface area contributed by atoms with E-state index in [0.717, 1.165) is 18.4 Å². The van der Waals surface area contributed by atoms with Gasteiger partial charge in [-0.05, 0) is 42.4 Å². The molecule has 2 nitrogen and oxygen atoms in total.